The number of hydrogen-bond donors (Lipinski definition) is 1. The molecule has 288 valence electrons. The molecule has 2 aromatic carbocycles. The molecule has 2 saturated carbocycles. The van der Waals surface area contributed by atoms with Crippen LogP contribution in [0.1, 0.15) is 128 Å². The van der Waals surface area contributed by atoms with E-state index >= 15 is 0 Å². The quantitative estimate of drug-likeness (QED) is 0.145. The van der Waals surface area contributed by atoms with Crippen molar-refractivity contribution in [2.24, 2.45) is 11.3 Å². The Balaban J connectivity index is 0.00000308. The molecule has 5 rings (SSSR count). The van der Waals surface area contributed by atoms with Gasteiger partial charge in [-0.1, -0.05) is 136 Å². The first-order valence-electron chi connectivity index (χ1n) is 20.5. The smallest absolute Gasteiger partial charge is 0.124 e. The summed E-state index contributed by atoms with van der Waals surface area (Å²) in [7, 11) is 2.41. The predicted molar refractivity (Wildman–Crippen MR) is 232 cm³/mol. The summed E-state index contributed by atoms with van der Waals surface area (Å²) >= 11 is 0. The van der Waals surface area contributed by atoms with Gasteiger partial charge in [0.2, 0.25) is 0 Å². The maximum absolute atomic E-state index is 14.5. The predicted octanol–water partition coefficient (Wildman–Crippen LogP) is 12.9. The van der Waals surface area contributed by atoms with Crippen LogP contribution in [-0.2, 0) is 0 Å². The van der Waals surface area contributed by atoms with Gasteiger partial charge in [0.15, 0.2) is 0 Å². The van der Waals surface area contributed by atoms with Gasteiger partial charge in [-0.15, -0.1) is 0 Å². The van der Waals surface area contributed by atoms with Crippen LogP contribution in [0, 0.1) is 18.3 Å². The molecular formula is C48H69FN3P. The third-order valence-corrected chi connectivity index (χ3v) is 12.5. The number of nitrogens with zero attached hydrogens (tertiary/aromatic N) is 2. The lowest BCUT2D eigenvalue weighted by molar-refractivity contribution is 0.177. The van der Waals surface area contributed by atoms with Gasteiger partial charge in [-0.05, 0) is 111 Å². The van der Waals surface area contributed by atoms with E-state index in [4.69, 9.17) is 0 Å². The Kier molecular flexibility index (Phi) is 15.4. The summed E-state index contributed by atoms with van der Waals surface area (Å²) in [6.45, 7) is 31.7. The fourth-order valence-corrected chi connectivity index (χ4v) is 9.11. The molecule has 0 amide bonds. The molecule has 1 aliphatic heterocycles. The van der Waals surface area contributed by atoms with E-state index in [9.17, 15) is 4.39 Å². The van der Waals surface area contributed by atoms with E-state index in [-0.39, 0.29) is 12.0 Å². The van der Waals surface area contributed by atoms with E-state index in [1.807, 2.05) is 19.9 Å². The van der Waals surface area contributed by atoms with Gasteiger partial charge in [-0.2, -0.15) is 0 Å². The van der Waals surface area contributed by atoms with Gasteiger partial charge in [0.1, 0.15) is 5.41 Å². The zero-order valence-electron chi connectivity index (χ0n) is 34.2. The number of hydrogen-bond acceptors (Lipinski definition) is 3. The maximum atomic E-state index is 14.5. The highest BCUT2D eigenvalue weighted by molar-refractivity contribution is 7.18. The summed E-state index contributed by atoms with van der Waals surface area (Å²) in [4.78, 5) is 4.75. The zero-order valence-corrected chi connectivity index (χ0v) is 35.3. The molecule has 4 atom stereocenters. The van der Waals surface area contributed by atoms with E-state index in [1.165, 1.54) is 59.9 Å². The lowest BCUT2D eigenvalue weighted by Crippen LogP contribution is -2.45. The summed E-state index contributed by atoms with van der Waals surface area (Å²) in [5.41, 5.74) is 12.9. The van der Waals surface area contributed by atoms with Crippen molar-refractivity contribution >= 4 is 14.8 Å². The second-order valence-electron chi connectivity index (χ2n) is 15.5. The third kappa shape index (κ3) is 10.4. The molecular weight excluding hydrogens is 669 g/mol. The Morgan fingerprint density at radius 2 is 1.55 bits per heavy atom. The van der Waals surface area contributed by atoms with Gasteiger partial charge in [0.25, 0.3) is 0 Å². The fourth-order valence-electron chi connectivity index (χ4n) is 8.66. The zero-order chi connectivity index (χ0) is 38.8. The fraction of sp³-hybridized carbons (Fsp3) is 0.500. The van der Waals surface area contributed by atoms with Crippen molar-refractivity contribution in [3.63, 3.8) is 0 Å². The highest BCUT2D eigenvalue weighted by Crippen LogP contribution is 2.54. The highest BCUT2D eigenvalue weighted by atomic mass is 31.0. The number of benzene rings is 2. The van der Waals surface area contributed by atoms with Crippen molar-refractivity contribution in [2.45, 2.75) is 118 Å². The summed E-state index contributed by atoms with van der Waals surface area (Å²) in [5.74, 6) is 0.238. The largest absolute Gasteiger partial charge is 0.378 e. The topological polar surface area (TPSA) is 18.5 Å². The Bertz CT molecular complexity index is 1630. The van der Waals surface area contributed by atoms with E-state index < -0.39 is 5.41 Å². The number of alkyl halides is 1. The van der Waals surface area contributed by atoms with Crippen molar-refractivity contribution in [1.29, 1.82) is 0 Å². The molecule has 5 heteroatoms. The van der Waals surface area contributed by atoms with Gasteiger partial charge in [0.05, 0.1) is 6.04 Å². The Morgan fingerprint density at radius 1 is 0.962 bits per heavy atom. The van der Waals surface area contributed by atoms with Gasteiger partial charge in [-0.3, -0.25) is 0 Å². The molecule has 0 radical (unpaired) electrons. The minimum Gasteiger partial charge on any atom is -0.378 e. The second kappa shape index (κ2) is 19.3. The van der Waals surface area contributed by atoms with Crippen LogP contribution in [0.15, 0.2) is 115 Å². The van der Waals surface area contributed by atoms with E-state index in [2.05, 4.69) is 139 Å². The van der Waals surface area contributed by atoms with Gasteiger partial charge >= 0.3 is 0 Å². The van der Waals surface area contributed by atoms with Crippen LogP contribution in [-0.4, -0.2) is 41.4 Å². The lowest BCUT2D eigenvalue weighted by atomic mass is 9.59. The monoisotopic (exact) mass is 738 g/mol. The molecule has 53 heavy (non-hydrogen) atoms. The maximum Gasteiger partial charge on any atom is 0.124 e. The first kappa shape index (κ1) is 42.4. The molecule has 1 heterocycles. The Hall–Kier alpha value is -3.36. The minimum absolute atomic E-state index is 0.147. The summed E-state index contributed by atoms with van der Waals surface area (Å²) < 4.78 is 14.5. The average Bonchev–Trinajstić information content (AvgIpc) is 3.54. The van der Waals surface area contributed by atoms with Crippen molar-refractivity contribution in [3.05, 3.63) is 137 Å². The second-order valence-corrected chi connectivity index (χ2v) is 16.5. The van der Waals surface area contributed by atoms with Crippen molar-refractivity contribution in [2.75, 3.05) is 26.2 Å². The Morgan fingerprint density at radius 3 is 2.04 bits per heavy atom. The molecule has 3 aliphatic rings. The van der Waals surface area contributed by atoms with Crippen molar-refractivity contribution in [1.82, 2.24) is 15.1 Å². The van der Waals surface area contributed by atoms with Gasteiger partial charge in [0, 0.05) is 49.2 Å². The van der Waals surface area contributed by atoms with Crippen LogP contribution in [0.25, 0.3) is 5.57 Å². The van der Waals surface area contributed by atoms with Crippen molar-refractivity contribution < 1.29 is 4.39 Å². The van der Waals surface area contributed by atoms with E-state index in [0.717, 1.165) is 61.7 Å². The summed E-state index contributed by atoms with van der Waals surface area (Å²) in [5, 5.41) is 2.63. The SMILES string of the molecule is C=C/C(=C\C(=C/C)C(=C)NC(CC)c1ccc(C(=C2CC(CC)(CCC)C2)c2ccc(C)cc2)cc1)N1CCN(C(=C)C2CCC(F)(P)C2)CC1.CC. The number of halogens is 1. The van der Waals surface area contributed by atoms with Gasteiger partial charge < -0.3 is 15.1 Å². The first-order valence-corrected chi connectivity index (χ1v) is 21.0. The molecule has 1 saturated heterocycles. The van der Waals surface area contributed by atoms with Crippen LogP contribution >= 0.6 is 9.24 Å². The van der Waals surface area contributed by atoms with Crippen LogP contribution in [0.3, 0.4) is 0 Å². The highest BCUT2D eigenvalue weighted by Gasteiger charge is 2.40. The number of piperazine rings is 1. The number of nitrogens with one attached hydrogen (secondary N) is 1. The van der Waals surface area contributed by atoms with Crippen LogP contribution < -0.4 is 5.32 Å². The Labute approximate surface area is 325 Å². The van der Waals surface area contributed by atoms with Gasteiger partial charge in [-0.25, -0.2) is 4.39 Å². The van der Waals surface area contributed by atoms with E-state index in [0.29, 0.717) is 18.3 Å². The van der Waals surface area contributed by atoms with Crippen LogP contribution in [0.4, 0.5) is 4.39 Å². The molecule has 4 unspecified atom stereocenters. The molecule has 2 aliphatic carbocycles. The lowest BCUT2D eigenvalue weighted by Gasteiger charge is -2.45. The number of rotatable bonds is 15. The molecule has 2 aromatic rings. The standard InChI is InChI=1S/C46H63FN3P.C2H6/c1-9-23-45(13-5)30-41(31-45)44(38-16-14-33(6)15-17-38)39-20-18-37(19-21-39)43(12-4)48-34(7)36(10-2)29-42(11-3)50-27-25-49(26-28-50)35(8)40-22-24-46(47,51)32-40;1-2/h10-11,14-21,29,40,43,48H,3,7-9,12-13,22-28,30-32,51H2,1-2,4-6H3;1-2H3/b36-10+,42-29+,44-41?;. The first-order chi connectivity index (χ1) is 25.4. The van der Waals surface area contributed by atoms with E-state index in [1.54, 1.807) is 5.57 Å². The molecule has 0 aromatic heterocycles. The van der Waals surface area contributed by atoms with Crippen LogP contribution in [0.2, 0.25) is 0 Å². The summed E-state index contributed by atoms with van der Waals surface area (Å²) in [6, 6.07) is 18.5. The molecule has 3 fully saturated rings. The molecule has 1 N–H and O–H groups in total. The van der Waals surface area contributed by atoms with Crippen LogP contribution in [0.5, 0.6) is 0 Å². The number of allylic oxidation sites excluding steroid dienone is 5. The van der Waals surface area contributed by atoms with Crippen molar-refractivity contribution in [3.8, 4) is 0 Å². The summed E-state index contributed by atoms with van der Waals surface area (Å²) in [6.07, 6.45) is 15.5. The molecule has 3 nitrogen and oxygen atoms in total. The number of aryl methyl sites for hydroxylation is 1. The minimum atomic E-state index is -1.14. The normalized spacial score (nSPS) is 23.8. The molecule has 0 spiro atoms. The molecule has 0 bridgehead atoms. The third-order valence-electron chi connectivity index (χ3n) is 11.9. The average molecular weight is 738 g/mol.